The molecule has 0 aliphatic heterocycles. The maximum atomic E-state index is 11.4. The Bertz CT molecular complexity index is 344. The van der Waals surface area contributed by atoms with E-state index in [-0.39, 0.29) is 11.8 Å². The minimum Gasteiger partial charge on any atom is -0.337 e. The predicted octanol–water partition coefficient (Wildman–Crippen LogP) is 0.728. The fourth-order valence-electron chi connectivity index (χ4n) is 1.00. The molecule has 0 atom stereocenters. The van der Waals surface area contributed by atoms with Gasteiger partial charge in [-0.15, -0.1) is 0 Å². The van der Waals surface area contributed by atoms with Crippen molar-refractivity contribution in [2.24, 2.45) is 0 Å². The van der Waals surface area contributed by atoms with Crippen molar-refractivity contribution < 1.29 is 9.59 Å². The molecule has 0 radical (unpaired) electrons. The molecule has 5 nitrogen and oxygen atoms in total. The Labute approximate surface area is 82.1 Å². The molecule has 1 heterocycles. The molecule has 0 aliphatic carbocycles. The van der Waals surface area contributed by atoms with Gasteiger partial charge < -0.3 is 5.32 Å². The van der Waals surface area contributed by atoms with Gasteiger partial charge in [-0.05, 0) is 13.8 Å². The molecule has 1 N–H and O–H groups in total. The number of nitrogens with one attached hydrogen (secondary N) is 1. The lowest BCUT2D eigenvalue weighted by atomic mass is 10.3. The van der Waals surface area contributed by atoms with Crippen LogP contribution >= 0.6 is 0 Å². The summed E-state index contributed by atoms with van der Waals surface area (Å²) in [6, 6.07) is -0.249. The van der Waals surface area contributed by atoms with Crippen LogP contribution in [0.2, 0.25) is 0 Å². The molecule has 0 spiro atoms. The predicted molar refractivity (Wildman–Crippen MR) is 51.1 cm³/mol. The SMILES string of the molecule is CC(=O)CCNC(=O)n1cncc1C. The largest absolute Gasteiger partial charge is 0.337 e. The number of amides is 1. The van der Waals surface area contributed by atoms with Gasteiger partial charge in [-0.3, -0.25) is 9.36 Å². The fraction of sp³-hybridized carbons (Fsp3) is 0.444. The molecule has 1 aromatic rings. The van der Waals surface area contributed by atoms with Gasteiger partial charge in [-0.2, -0.15) is 0 Å². The standard InChI is InChI=1S/C9H13N3O2/c1-7-5-10-6-12(7)9(14)11-4-3-8(2)13/h5-6H,3-4H2,1-2H3,(H,11,14). The molecule has 0 saturated carbocycles. The fourth-order valence-corrected chi connectivity index (χ4v) is 1.00. The van der Waals surface area contributed by atoms with Gasteiger partial charge in [-0.25, -0.2) is 9.78 Å². The van der Waals surface area contributed by atoms with Crippen LogP contribution in [0.15, 0.2) is 12.5 Å². The number of carbonyl (C=O) groups excluding carboxylic acids is 2. The van der Waals surface area contributed by atoms with E-state index in [1.165, 1.54) is 17.8 Å². The van der Waals surface area contributed by atoms with Crippen molar-refractivity contribution in [2.75, 3.05) is 6.54 Å². The highest BCUT2D eigenvalue weighted by molar-refractivity contribution is 5.79. The molecule has 76 valence electrons. The number of Topliss-reactive ketones (excluding diaryl/α,β-unsaturated/α-hetero) is 1. The monoisotopic (exact) mass is 195 g/mol. The van der Waals surface area contributed by atoms with Crippen LogP contribution in [-0.4, -0.2) is 27.9 Å². The average molecular weight is 195 g/mol. The summed E-state index contributed by atoms with van der Waals surface area (Å²) in [6.45, 7) is 3.65. The Kier molecular flexibility index (Phi) is 3.39. The number of aryl methyl sites for hydroxylation is 1. The topological polar surface area (TPSA) is 64.0 Å². The van der Waals surface area contributed by atoms with Crippen LogP contribution in [0.1, 0.15) is 19.0 Å². The number of imidazole rings is 1. The summed E-state index contributed by atoms with van der Waals surface area (Å²) in [4.78, 5) is 25.8. The van der Waals surface area contributed by atoms with Gasteiger partial charge in [0.15, 0.2) is 0 Å². The van der Waals surface area contributed by atoms with Crippen molar-refractivity contribution in [1.29, 1.82) is 0 Å². The minimum atomic E-state index is -0.249. The third-order valence-electron chi connectivity index (χ3n) is 1.80. The average Bonchev–Trinajstić information content (AvgIpc) is 2.50. The first-order valence-electron chi connectivity index (χ1n) is 4.38. The van der Waals surface area contributed by atoms with Gasteiger partial charge in [0.05, 0.1) is 0 Å². The van der Waals surface area contributed by atoms with Crippen molar-refractivity contribution in [3.05, 3.63) is 18.2 Å². The van der Waals surface area contributed by atoms with Crippen LogP contribution in [0.5, 0.6) is 0 Å². The van der Waals surface area contributed by atoms with E-state index < -0.39 is 0 Å². The minimum absolute atomic E-state index is 0.0626. The maximum absolute atomic E-state index is 11.4. The second-order valence-corrected chi connectivity index (χ2v) is 3.09. The number of hydrogen-bond donors (Lipinski definition) is 1. The second kappa shape index (κ2) is 4.55. The van der Waals surface area contributed by atoms with Crippen LogP contribution in [0.25, 0.3) is 0 Å². The lowest BCUT2D eigenvalue weighted by Gasteiger charge is -2.05. The van der Waals surface area contributed by atoms with E-state index in [0.717, 1.165) is 5.69 Å². The van der Waals surface area contributed by atoms with E-state index >= 15 is 0 Å². The quantitative estimate of drug-likeness (QED) is 0.773. The summed E-state index contributed by atoms with van der Waals surface area (Å²) in [5.74, 6) is 0.0626. The third kappa shape index (κ3) is 2.69. The van der Waals surface area contributed by atoms with E-state index in [0.29, 0.717) is 13.0 Å². The summed E-state index contributed by atoms with van der Waals surface area (Å²) in [7, 11) is 0. The molecule has 1 amide bonds. The molecule has 0 aliphatic rings. The molecular weight excluding hydrogens is 182 g/mol. The number of ketones is 1. The molecule has 0 unspecified atom stereocenters. The molecule has 5 heteroatoms. The zero-order valence-corrected chi connectivity index (χ0v) is 8.28. The molecule has 0 saturated heterocycles. The smallest absolute Gasteiger partial charge is 0.327 e. The first-order chi connectivity index (χ1) is 6.61. The summed E-state index contributed by atoms with van der Waals surface area (Å²) in [6.07, 6.45) is 3.41. The van der Waals surface area contributed by atoms with E-state index in [1.807, 2.05) is 0 Å². The van der Waals surface area contributed by atoms with Gasteiger partial charge in [-0.1, -0.05) is 0 Å². The molecule has 0 fully saturated rings. The summed E-state index contributed by atoms with van der Waals surface area (Å²) >= 11 is 0. The van der Waals surface area contributed by atoms with Gasteiger partial charge in [0, 0.05) is 24.9 Å². The summed E-state index contributed by atoms with van der Waals surface area (Å²) < 4.78 is 1.40. The highest BCUT2D eigenvalue weighted by Crippen LogP contribution is 1.95. The Hall–Kier alpha value is -1.65. The molecular formula is C9H13N3O2. The van der Waals surface area contributed by atoms with Gasteiger partial charge >= 0.3 is 6.03 Å². The molecule has 1 rings (SSSR count). The van der Waals surface area contributed by atoms with Crippen LogP contribution < -0.4 is 5.32 Å². The Morgan fingerprint density at radius 3 is 2.79 bits per heavy atom. The Balaban J connectivity index is 2.44. The van der Waals surface area contributed by atoms with Crippen LogP contribution in [0, 0.1) is 6.92 Å². The van der Waals surface area contributed by atoms with Crippen LogP contribution in [0.3, 0.4) is 0 Å². The van der Waals surface area contributed by atoms with Gasteiger partial charge in [0.25, 0.3) is 0 Å². The number of nitrogens with zero attached hydrogens (tertiary/aromatic N) is 2. The van der Waals surface area contributed by atoms with Gasteiger partial charge in [0.1, 0.15) is 12.1 Å². The summed E-state index contributed by atoms with van der Waals surface area (Å²) in [5.41, 5.74) is 0.769. The second-order valence-electron chi connectivity index (χ2n) is 3.09. The van der Waals surface area contributed by atoms with Gasteiger partial charge in [0.2, 0.25) is 0 Å². The van der Waals surface area contributed by atoms with E-state index in [2.05, 4.69) is 10.3 Å². The zero-order valence-electron chi connectivity index (χ0n) is 8.28. The van der Waals surface area contributed by atoms with Crippen molar-refractivity contribution >= 4 is 11.8 Å². The van der Waals surface area contributed by atoms with Crippen molar-refractivity contribution in [1.82, 2.24) is 14.9 Å². The lowest BCUT2D eigenvalue weighted by Crippen LogP contribution is -2.30. The number of carbonyl (C=O) groups is 2. The van der Waals surface area contributed by atoms with E-state index in [4.69, 9.17) is 0 Å². The maximum Gasteiger partial charge on any atom is 0.327 e. The highest BCUT2D eigenvalue weighted by atomic mass is 16.2. The molecule has 14 heavy (non-hydrogen) atoms. The van der Waals surface area contributed by atoms with Crippen molar-refractivity contribution in [3.8, 4) is 0 Å². The van der Waals surface area contributed by atoms with Crippen LogP contribution in [0.4, 0.5) is 4.79 Å². The Morgan fingerprint density at radius 2 is 2.29 bits per heavy atom. The first-order valence-corrected chi connectivity index (χ1v) is 4.38. The van der Waals surface area contributed by atoms with Crippen molar-refractivity contribution in [3.63, 3.8) is 0 Å². The first kappa shape index (κ1) is 10.4. The Morgan fingerprint density at radius 1 is 1.57 bits per heavy atom. The number of aromatic nitrogens is 2. The number of rotatable bonds is 3. The van der Waals surface area contributed by atoms with E-state index in [9.17, 15) is 9.59 Å². The molecule has 0 bridgehead atoms. The lowest BCUT2D eigenvalue weighted by molar-refractivity contribution is -0.116. The third-order valence-corrected chi connectivity index (χ3v) is 1.80. The van der Waals surface area contributed by atoms with Crippen molar-refractivity contribution in [2.45, 2.75) is 20.3 Å². The number of hydrogen-bond acceptors (Lipinski definition) is 3. The van der Waals surface area contributed by atoms with E-state index in [1.54, 1.807) is 13.1 Å². The van der Waals surface area contributed by atoms with Crippen LogP contribution in [-0.2, 0) is 4.79 Å². The molecule has 1 aromatic heterocycles. The summed E-state index contributed by atoms with van der Waals surface area (Å²) in [5, 5.41) is 2.62. The normalized spacial score (nSPS) is 9.86. The molecule has 0 aromatic carbocycles. The highest BCUT2D eigenvalue weighted by Gasteiger charge is 2.05. The zero-order chi connectivity index (χ0) is 10.6.